The Labute approximate surface area is 162 Å². The summed E-state index contributed by atoms with van der Waals surface area (Å²) in [7, 11) is 1.63. The number of aromatic amines is 1. The predicted molar refractivity (Wildman–Crippen MR) is 105 cm³/mol. The summed E-state index contributed by atoms with van der Waals surface area (Å²) in [5.41, 5.74) is 1.66. The molecule has 146 valence electrons. The average Bonchev–Trinajstić information content (AvgIpc) is 3.21. The van der Waals surface area contributed by atoms with E-state index in [1.54, 1.807) is 13.3 Å². The van der Waals surface area contributed by atoms with Crippen molar-refractivity contribution < 1.29 is 14.2 Å². The van der Waals surface area contributed by atoms with Crippen molar-refractivity contribution in [3.8, 4) is 17.1 Å². The minimum atomic E-state index is 0.00335. The standard InChI is InChI=1S/C19H22N6O3/c1-26-14-5-2-4-13(10-14)22-19-23-18(24-25-19)16-6-3-7-20-17(16)21-11-15-12-27-8-9-28-15/h2-7,10,15H,8-9,11-12H2,1H3,(H,20,21)(H2,22,23,24,25). The second-order valence-electron chi connectivity index (χ2n) is 6.21. The maximum absolute atomic E-state index is 5.66. The third-order valence-corrected chi connectivity index (χ3v) is 4.26. The molecule has 0 saturated carbocycles. The first kappa shape index (κ1) is 18.2. The van der Waals surface area contributed by atoms with Gasteiger partial charge in [-0.15, -0.1) is 5.10 Å². The maximum Gasteiger partial charge on any atom is 0.246 e. The van der Waals surface area contributed by atoms with Gasteiger partial charge in [0, 0.05) is 24.5 Å². The number of ether oxygens (including phenoxy) is 3. The number of anilines is 3. The summed E-state index contributed by atoms with van der Waals surface area (Å²) in [6.45, 7) is 2.44. The van der Waals surface area contributed by atoms with Crippen LogP contribution in [0.4, 0.5) is 17.5 Å². The van der Waals surface area contributed by atoms with Gasteiger partial charge in [0.1, 0.15) is 11.6 Å². The molecule has 1 aliphatic rings. The summed E-state index contributed by atoms with van der Waals surface area (Å²) in [5.74, 6) is 2.54. The van der Waals surface area contributed by atoms with Gasteiger partial charge in [0.15, 0.2) is 5.82 Å². The molecule has 3 heterocycles. The Kier molecular flexibility index (Phi) is 5.64. The van der Waals surface area contributed by atoms with Crippen LogP contribution in [0, 0.1) is 0 Å². The van der Waals surface area contributed by atoms with Crippen LogP contribution in [-0.4, -0.2) is 59.7 Å². The van der Waals surface area contributed by atoms with E-state index in [4.69, 9.17) is 14.2 Å². The molecule has 2 aromatic heterocycles. The van der Waals surface area contributed by atoms with Gasteiger partial charge < -0.3 is 24.8 Å². The van der Waals surface area contributed by atoms with E-state index in [0.717, 1.165) is 17.0 Å². The molecule has 0 spiro atoms. The van der Waals surface area contributed by atoms with Crippen LogP contribution in [0.2, 0.25) is 0 Å². The Morgan fingerprint density at radius 3 is 3.07 bits per heavy atom. The number of nitrogens with one attached hydrogen (secondary N) is 3. The first-order valence-corrected chi connectivity index (χ1v) is 9.04. The second-order valence-corrected chi connectivity index (χ2v) is 6.21. The van der Waals surface area contributed by atoms with Crippen molar-refractivity contribution in [2.24, 2.45) is 0 Å². The number of benzene rings is 1. The molecular weight excluding hydrogens is 360 g/mol. The van der Waals surface area contributed by atoms with Crippen LogP contribution in [0.25, 0.3) is 11.4 Å². The molecule has 0 bridgehead atoms. The van der Waals surface area contributed by atoms with Crippen molar-refractivity contribution in [3.05, 3.63) is 42.6 Å². The van der Waals surface area contributed by atoms with Gasteiger partial charge in [0.25, 0.3) is 0 Å². The lowest BCUT2D eigenvalue weighted by atomic mass is 10.2. The summed E-state index contributed by atoms with van der Waals surface area (Å²) < 4.78 is 16.3. The third kappa shape index (κ3) is 4.38. The average molecular weight is 382 g/mol. The Bertz CT molecular complexity index is 910. The van der Waals surface area contributed by atoms with E-state index in [-0.39, 0.29) is 6.10 Å². The van der Waals surface area contributed by atoms with E-state index in [1.165, 1.54) is 0 Å². The van der Waals surface area contributed by atoms with Crippen molar-refractivity contribution >= 4 is 17.5 Å². The first-order chi connectivity index (χ1) is 13.8. The van der Waals surface area contributed by atoms with Gasteiger partial charge in [-0.2, -0.15) is 4.98 Å². The number of aromatic nitrogens is 4. The van der Waals surface area contributed by atoms with Gasteiger partial charge in [-0.05, 0) is 24.3 Å². The Morgan fingerprint density at radius 2 is 2.21 bits per heavy atom. The zero-order valence-corrected chi connectivity index (χ0v) is 15.5. The Balaban J connectivity index is 1.47. The van der Waals surface area contributed by atoms with Gasteiger partial charge >= 0.3 is 0 Å². The number of hydrogen-bond acceptors (Lipinski definition) is 8. The predicted octanol–water partition coefficient (Wildman–Crippen LogP) is 2.45. The van der Waals surface area contributed by atoms with E-state index < -0.39 is 0 Å². The molecule has 1 atom stereocenters. The van der Waals surface area contributed by atoms with E-state index >= 15 is 0 Å². The zero-order valence-electron chi connectivity index (χ0n) is 15.5. The Hall–Kier alpha value is -3.17. The number of nitrogens with zero attached hydrogens (tertiary/aromatic N) is 3. The Morgan fingerprint density at radius 1 is 1.25 bits per heavy atom. The second kappa shape index (κ2) is 8.68. The van der Waals surface area contributed by atoms with Crippen LogP contribution < -0.4 is 15.4 Å². The summed E-state index contributed by atoms with van der Waals surface area (Å²) in [5, 5.41) is 13.7. The lowest BCUT2D eigenvalue weighted by Crippen LogP contribution is -2.34. The summed E-state index contributed by atoms with van der Waals surface area (Å²) in [6, 6.07) is 11.4. The molecule has 1 fully saturated rings. The fraction of sp³-hybridized carbons (Fsp3) is 0.316. The van der Waals surface area contributed by atoms with Gasteiger partial charge in [-0.3, -0.25) is 5.10 Å². The van der Waals surface area contributed by atoms with Crippen molar-refractivity contribution in [2.75, 3.05) is 44.1 Å². The maximum atomic E-state index is 5.66. The van der Waals surface area contributed by atoms with Gasteiger partial charge in [0.05, 0.1) is 38.6 Å². The van der Waals surface area contributed by atoms with Crippen molar-refractivity contribution in [2.45, 2.75) is 6.10 Å². The molecule has 0 radical (unpaired) electrons. The quantitative estimate of drug-likeness (QED) is 0.572. The summed E-state index contributed by atoms with van der Waals surface area (Å²) in [4.78, 5) is 8.96. The topological polar surface area (TPSA) is 106 Å². The number of hydrogen-bond donors (Lipinski definition) is 3. The minimum absolute atomic E-state index is 0.00335. The smallest absolute Gasteiger partial charge is 0.246 e. The number of rotatable bonds is 7. The summed E-state index contributed by atoms with van der Waals surface area (Å²) in [6.07, 6.45) is 1.74. The fourth-order valence-corrected chi connectivity index (χ4v) is 2.87. The third-order valence-electron chi connectivity index (χ3n) is 4.26. The highest BCUT2D eigenvalue weighted by Gasteiger charge is 2.16. The van der Waals surface area contributed by atoms with Crippen molar-refractivity contribution in [3.63, 3.8) is 0 Å². The molecule has 9 nitrogen and oxygen atoms in total. The molecule has 4 rings (SSSR count). The van der Waals surface area contributed by atoms with Crippen LogP contribution >= 0.6 is 0 Å². The van der Waals surface area contributed by atoms with Crippen LogP contribution in [0.15, 0.2) is 42.6 Å². The lowest BCUT2D eigenvalue weighted by Gasteiger charge is -2.23. The molecule has 0 amide bonds. The van der Waals surface area contributed by atoms with E-state index in [2.05, 4.69) is 30.8 Å². The molecule has 1 aromatic carbocycles. The summed E-state index contributed by atoms with van der Waals surface area (Å²) >= 11 is 0. The highest BCUT2D eigenvalue weighted by Crippen LogP contribution is 2.25. The number of H-pyrrole nitrogens is 1. The van der Waals surface area contributed by atoms with Crippen LogP contribution in [0.5, 0.6) is 5.75 Å². The van der Waals surface area contributed by atoms with Crippen LogP contribution in [0.1, 0.15) is 0 Å². The SMILES string of the molecule is COc1cccc(Nc2n[nH]c(-c3cccnc3NCC3COCCO3)n2)c1. The minimum Gasteiger partial charge on any atom is -0.497 e. The van der Waals surface area contributed by atoms with Crippen molar-refractivity contribution in [1.29, 1.82) is 0 Å². The highest BCUT2D eigenvalue weighted by molar-refractivity contribution is 5.70. The molecule has 1 saturated heterocycles. The van der Waals surface area contributed by atoms with E-state index in [1.807, 2.05) is 36.4 Å². The van der Waals surface area contributed by atoms with Gasteiger partial charge in [-0.25, -0.2) is 4.98 Å². The molecule has 28 heavy (non-hydrogen) atoms. The zero-order chi connectivity index (χ0) is 19.2. The molecule has 1 unspecified atom stereocenters. The molecule has 0 aliphatic carbocycles. The molecule has 9 heteroatoms. The molecular formula is C19H22N6O3. The van der Waals surface area contributed by atoms with Gasteiger partial charge in [0.2, 0.25) is 5.95 Å². The van der Waals surface area contributed by atoms with Crippen molar-refractivity contribution in [1.82, 2.24) is 20.2 Å². The van der Waals surface area contributed by atoms with Crippen LogP contribution in [0.3, 0.4) is 0 Å². The molecule has 3 aromatic rings. The largest absolute Gasteiger partial charge is 0.497 e. The normalized spacial score (nSPS) is 16.5. The lowest BCUT2D eigenvalue weighted by molar-refractivity contribution is -0.0819. The van der Waals surface area contributed by atoms with E-state index in [9.17, 15) is 0 Å². The number of methoxy groups -OCH3 is 1. The monoisotopic (exact) mass is 382 g/mol. The van der Waals surface area contributed by atoms with E-state index in [0.29, 0.717) is 44.0 Å². The molecule has 3 N–H and O–H groups in total. The van der Waals surface area contributed by atoms with Gasteiger partial charge in [-0.1, -0.05) is 6.07 Å². The highest BCUT2D eigenvalue weighted by atomic mass is 16.6. The fourth-order valence-electron chi connectivity index (χ4n) is 2.87. The van der Waals surface area contributed by atoms with Crippen LogP contribution in [-0.2, 0) is 9.47 Å². The molecule has 1 aliphatic heterocycles. The number of pyridine rings is 1. The first-order valence-electron chi connectivity index (χ1n) is 9.04.